The predicted octanol–water partition coefficient (Wildman–Crippen LogP) is 0.630. The van der Waals surface area contributed by atoms with E-state index in [-0.39, 0.29) is 6.04 Å². The number of rotatable bonds is 3. The van der Waals surface area contributed by atoms with Gasteiger partial charge >= 0.3 is 0 Å². The minimum absolute atomic E-state index is 0.220. The van der Waals surface area contributed by atoms with Crippen LogP contribution >= 0.6 is 11.3 Å². The Labute approximate surface area is 113 Å². The molecule has 0 radical (unpaired) electrons. The number of nitrogens with zero attached hydrogens (tertiary/aromatic N) is 3. The normalized spacial score (nSPS) is 32.7. The number of hydrogen-bond donors (Lipinski definition) is 1. The van der Waals surface area contributed by atoms with Crippen LogP contribution in [0.25, 0.3) is 0 Å². The lowest BCUT2D eigenvalue weighted by molar-refractivity contribution is 0.00258. The minimum Gasteiger partial charge on any atom is -0.326 e. The molecule has 2 bridgehead atoms. The number of hydrogen-bond acceptors (Lipinski definition) is 5. The van der Waals surface area contributed by atoms with E-state index in [0.29, 0.717) is 6.04 Å². The van der Waals surface area contributed by atoms with E-state index in [1.807, 2.05) is 0 Å². The van der Waals surface area contributed by atoms with Gasteiger partial charge in [-0.25, -0.2) is 4.98 Å². The molecular weight excluding hydrogens is 244 g/mol. The van der Waals surface area contributed by atoms with Crippen molar-refractivity contribution < 1.29 is 0 Å². The van der Waals surface area contributed by atoms with Crippen LogP contribution in [0.1, 0.15) is 15.6 Å². The Morgan fingerprint density at radius 3 is 2.56 bits per heavy atom. The highest BCUT2D eigenvalue weighted by atomic mass is 32.1. The first kappa shape index (κ1) is 12.5. The van der Waals surface area contributed by atoms with Crippen LogP contribution in [0.5, 0.6) is 0 Å². The Kier molecular flexibility index (Phi) is 3.40. The van der Waals surface area contributed by atoms with Gasteiger partial charge in [0.1, 0.15) is 0 Å². The summed E-state index contributed by atoms with van der Waals surface area (Å²) in [6, 6.07) is 0.745. The van der Waals surface area contributed by atoms with Crippen LogP contribution in [0, 0.1) is 13.8 Å². The molecule has 1 aromatic rings. The third-order valence-corrected chi connectivity index (χ3v) is 5.39. The number of piperazine rings is 3. The van der Waals surface area contributed by atoms with Crippen LogP contribution in [0.4, 0.5) is 0 Å². The number of fused-ring (bicyclic) bond motifs is 3. The van der Waals surface area contributed by atoms with E-state index in [4.69, 9.17) is 5.73 Å². The monoisotopic (exact) mass is 266 g/mol. The number of thiazole rings is 1. The van der Waals surface area contributed by atoms with E-state index in [1.165, 1.54) is 36.1 Å². The van der Waals surface area contributed by atoms with Crippen molar-refractivity contribution >= 4 is 11.3 Å². The van der Waals surface area contributed by atoms with Gasteiger partial charge in [-0.2, -0.15) is 0 Å². The van der Waals surface area contributed by atoms with Crippen LogP contribution in [-0.4, -0.2) is 59.6 Å². The van der Waals surface area contributed by atoms with Gasteiger partial charge in [0, 0.05) is 56.1 Å². The smallest absolute Gasteiger partial charge is 0.0946 e. The van der Waals surface area contributed by atoms with Gasteiger partial charge in [0.15, 0.2) is 0 Å². The Morgan fingerprint density at radius 2 is 2.06 bits per heavy atom. The summed E-state index contributed by atoms with van der Waals surface area (Å²) in [7, 11) is 0. The van der Waals surface area contributed by atoms with Gasteiger partial charge in [0.2, 0.25) is 0 Å². The number of aryl methyl sites for hydroxylation is 2. The molecule has 100 valence electrons. The van der Waals surface area contributed by atoms with Crippen LogP contribution < -0.4 is 5.73 Å². The molecule has 1 aromatic heterocycles. The van der Waals surface area contributed by atoms with Crippen molar-refractivity contribution in [3.05, 3.63) is 15.6 Å². The maximum Gasteiger partial charge on any atom is 0.0946 e. The molecule has 0 amide bonds. The van der Waals surface area contributed by atoms with Gasteiger partial charge in [-0.3, -0.25) is 9.80 Å². The molecule has 3 saturated heterocycles. The lowest BCUT2D eigenvalue weighted by Crippen LogP contribution is -2.66. The summed E-state index contributed by atoms with van der Waals surface area (Å²) in [5.74, 6) is 0. The van der Waals surface area contributed by atoms with Crippen molar-refractivity contribution in [2.45, 2.75) is 32.4 Å². The van der Waals surface area contributed by atoms with Gasteiger partial charge in [0.25, 0.3) is 0 Å². The second-order valence-electron chi connectivity index (χ2n) is 5.52. The molecule has 3 fully saturated rings. The SMILES string of the molecule is Cc1nc(CC(N)C2CN3CCN2CC3)sc1C. The van der Waals surface area contributed by atoms with Crippen molar-refractivity contribution in [3.63, 3.8) is 0 Å². The Hall–Kier alpha value is -0.490. The number of aromatic nitrogens is 1. The molecule has 3 aliphatic rings. The topological polar surface area (TPSA) is 45.4 Å². The quantitative estimate of drug-likeness (QED) is 0.871. The minimum atomic E-state index is 0.220. The van der Waals surface area contributed by atoms with E-state index >= 15 is 0 Å². The van der Waals surface area contributed by atoms with E-state index < -0.39 is 0 Å². The van der Waals surface area contributed by atoms with Crippen molar-refractivity contribution in [2.24, 2.45) is 5.73 Å². The summed E-state index contributed by atoms with van der Waals surface area (Å²) in [6.07, 6.45) is 0.925. The van der Waals surface area contributed by atoms with Gasteiger partial charge in [-0.15, -0.1) is 11.3 Å². The third kappa shape index (κ3) is 2.32. The van der Waals surface area contributed by atoms with E-state index in [2.05, 4.69) is 28.6 Å². The second-order valence-corrected chi connectivity index (χ2v) is 6.81. The van der Waals surface area contributed by atoms with Crippen molar-refractivity contribution in [1.29, 1.82) is 0 Å². The summed E-state index contributed by atoms with van der Waals surface area (Å²) in [4.78, 5) is 11.1. The zero-order valence-electron chi connectivity index (χ0n) is 11.2. The maximum atomic E-state index is 6.42. The fourth-order valence-corrected chi connectivity index (χ4v) is 4.03. The molecular formula is C13H22N4S. The lowest BCUT2D eigenvalue weighted by atomic mass is 9.99. The van der Waals surface area contributed by atoms with Crippen LogP contribution in [0.2, 0.25) is 0 Å². The second kappa shape index (κ2) is 4.89. The molecule has 2 N–H and O–H groups in total. The Bertz CT molecular complexity index is 403. The number of nitrogens with two attached hydrogens (primary N) is 1. The lowest BCUT2D eigenvalue weighted by Gasteiger charge is -2.49. The van der Waals surface area contributed by atoms with Crippen LogP contribution in [-0.2, 0) is 6.42 Å². The average Bonchev–Trinajstić information content (AvgIpc) is 2.69. The first-order chi connectivity index (χ1) is 8.63. The highest BCUT2D eigenvalue weighted by molar-refractivity contribution is 7.11. The molecule has 18 heavy (non-hydrogen) atoms. The molecule has 0 saturated carbocycles. The van der Waals surface area contributed by atoms with Crippen LogP contribution in [0.15, 0.2) is 0 Å². The van der Waals surface area contributed by atoms with Crippen LogP contribution in [0.3, 0.4) is 0 Å². The standard InChI is InChI=1S/C13H22N4S/c1-9-10(2)18-13(15-9)7-11(14)12-8-16-3-5-17(12)6-4-16/h11-12H,3-8,14H2,1-2H3. The molecule has 4 nitrogen and oxygen atoms in total. The summed E-state index contributed by atoms with van der Waals surface area (Å²) in [5, 5.41) is 1.20. The van der Waals surface area contributed by atoms with Gasteiger partial charge in [0.05, 0.1) is 10.7 Å². The molecule has 4 heterocycles. The molecule has 3 aliphatic heterocycles. The van der Waals surface area contributed by atoms with Crippen molar-refractivity contribution in [3.8, 4) is 0 Å². The highest BCUT2D eigenvalue weighted by Crippen LogP contribution is 2.22. The summed E-state index contributed by atoms with van der Waals surface area (Å²) in [5.41, 5.74) is 7.59. The molecule has 0 spiro atoms. The largest absolute Gasteiger partial charge is 0.326 e. The van der Waals surface area contributed by atoms with Crippen molar-refractivity contribution in [2.75, 3.05) is 32.7 Å². The van der Waals surface area contributed by atoms with Crippen molar-refractivity contribution in [1.82, 2.24) is 14.8 Å². The van der Waals surface area contributed by atoms with E-state index in [0.717, 1.165) is 18.7 Å². The maximum absolute atomic E-state index is 6.42. The molecule has 0 aromatic carbocycles. The average molecular weight is 266 g/mol. The molecule has 2 atom stereocenters. The van der Waals surface area contributed by atoms with Gasteiger partial charge in [-0.1, -0.05) is 0 Å². The molecule has 2 unspecified atom stereocenters. The molecule has 0 aliphatic carbocycles. The van der Waals surface area contributed by atoms with E-state index in [1.54, 1.807) is 11.3 Å². The summed E-state index contributed by atoms with van der Waals surface area (Å²) >= 11 is 1.80. The Balaban J connectivity index is 1.66. The highest BCUT2D eigenvalue weighted by Gasteiger charge is 2.35. The fraction of sp³-hybridized carbons (Fsp3) is 0.769. The first-order valence-electron chi connectivity index (χ1n) is 6.78. The summed E-state index contributed by atoms with van der Waals surface area (Å²) < 4.78 is 0. The van der Waals surface area contributed by atoms with Gasteiger partial charge < -0.3 is 5.73 Å². The molecule has 5 heteroatoms. The molecule has 4 rings (SSSR count). The fourth-order valence-electron chi connectivity index (χ4n) is 3.03. The van der Waals surface area contributed by atoms with E-state index in [9.17, 15) is 0 Å². The summed E-state index contributed by atoms with van der Waals surface area (Å²) in [6.45, 7) is 10.2. The zero-order valence-corrected chi connectivity index (χ0v) is 12.0. The van der Waals surface area contributed by atoms with Gasteiger partial charge in [-0.05, 0) is 13.8 Å². The first-order valence-corrected chi connectivity index (χ1v) is 7.60. The third-order valence-electron chi connectivity index (χ3n) is 4.30. The predicted molar refractivity (Wildman–Crippen MR) is 75.1 cm³/mol. The zero-order chi connectivity index (χ0) is 12.7. The Morgan fingerprint density at radius 1 is 1.33 bits per heavy atom.